The molecule has 1 atom stereocenters. The molecule has 158 valence electrons. The summed E-state index contributed by atoms with van der Waals surface area (Å²) in [6.07, 6.45) is 5.17. The third-order valence-corrected chi connectivity index (χ3v) is 6.93. The zero-order valence-electron chi connectivity index (χ0n) is 16.6. The molecule has 0 unspecified atom stereocenters. The third-order valence-electron chi connectivity index (χ3n) is 6.64. The summed E-state index contributed by atoms with van der Waals surface area (Å²) in [7, 11) is 0. The number of aromatic nitrogens is 1. The molecule has 1 saturated heterocycles. The van der Waals surface area contributed by atoms with Crippen molar-refractivity contribution >= 4 is 23.2 Å². The van der Waals surface area contributed by atoms with E-state index in [-0.39, 0.29) is 22.2 Å². The Morgan fingerprint density at radius 3 is 2.47 bits per heavy atom. The second-order valence-electron chi connectivity index (χ2n) is 9.38. The maximum absolute atomic E-state index is 14.0. The second-order valence-corrected chi connectivity index (χ2v) is 9.74. The maximum Gasteiger partial charge on any atom is 0.255 e. The number of carbonyl (C=O) groups is 1. The molecule has 2 aromatic rings. The van der Waals surface area contributed by atoms with Gasteiger partial charge in [-0.15, -0.1) is 0 Å². The van der Waals surface area contributed by atoms with Crippen LogP contribution in [0.25, 0.3) is 11.1 Å². The zero-order chi connectivity index (χ0) is 21.3. The summed E-state index contributed by atoms with van der Waals surface area (Å²) < 4.78 is 28.0. The van der Waals surface area contributed by atoms with Gasteiger partial charge in [0.05, 0.1) is 11.3 Å². The molecule has 5 nitrogen and oxygen atoms in total. The number of nitrogens with zero attached hydrogens (tertiary/aromatic N) is 2. The number of rotatable bonds is 4. The van der Waals surface area contributed by atoms with Crippen LogP contribution in [0.4, 0.5) is 14.5 Å². The Morgan fingerprint density at radius 2 is 1.93 bits per heavy atom. The maximum atomic E-state index is 14.0. The quantitative estimate of drug-likeness (QED) is 0.719. The number of nitrogens with two attached hydrogens (primary N) is 1. The summed E-state index contributed by atoms with van der Waals surface area (Å²) in [6, 6.07) is 3.21. The first-order valence-electron chi connectivity index (χ1n) is 10.2. The molecule has 2 bridgehead atoms. The largest absolute Gasteiger partial charge is 0.368 e. The van der Waals surface area contributed by atoms with Gasteiger partial charge in [0.15, 0.2) is 0 Å². The van der Waals surface area contributed by atoms with Crippen LogP contribution in [0.3, 0.4) is 0 Å². The molecule has 3 saturated carbocycles. The standard InChI is InChI=1S/C22H23ClF2N4O/c1-21(26)2-3-29(11-21)18-16(20(30)28-22-7-12(8-22)9-22)10-27-19(23)17(18)13-4-14(24)6-15(25)5-13/h4-6,10,12H,2-3,7-9,11,26H2,1H3,(H,28,30)/t12?,21-,22?/m0/s1. The molecular weight excluding hydrogens is 410 g/mol. The van der Waals surface area contributed by atoms with Crippen LogP contribution in [-0.4, -0.2) is 35.1 Å². The molecular formula is C22H23ClF2N4O. The van der Waals surface area contributed by atoms with Gasteiger partial charge >= 0.3 is 0 Å². The lowest BCUT2D eigenvalue weighted by atomic mass is 9.50. The van der Waals surface area contributed by atoms with Crippen LogP contribution < -0.4 is 16.0 Å². The van der Waals surface area contributed by atoms with Crippen LogP contribution in [0.2, 0.25) is 5.15 Å². The van der Waals surface area contributed by atoms with Crippen molar-refractivity contribution in [2.24, 2.45) is 11.7 Å². The van der Waals surface area contributed by atoms with Crippen molar-refractivity contribution in [3.05, 3.63) is 46.7 Å². The molecule has 1 aliphatic heterocycles. The van der Waals surface area contributed by atoms with E-state index in [0.717, 1.165) is 37.7 Å². The molecule has 4 fully saturated rings. The molecule has 2 heterocycles. The number of carbonyl (C=O) groups excluding carboxylic acids is 1. The van der Waals surface area contributed by atoms with E-state index in [1.54, 1.807) is 0 Å². The number of pyridine rings is 1. The molecule has 4 aliphatic rings. The summed E-state index contributed by atoms with van der Waals surface area (Å²) in [5.41, 5.74) is 7.24. The molecule has 1 aromatic carbocycles. The van der Waals surface area contributed by atoms with E-state index in [1.165, 1.54) is 18.3 Å². The molecule has 30 heavy (non-hydrogen) atoms. The van der Waals surface area contributed by atoms with Gasteiger partial charge in [-0.2, -0.15) is 0 Å². The van der Waals surface area contributed by atoms with Crippen molar-refractivity contribution < 1.29 is 13.6 Å². The van der Waals surface area contributed by atoms with Crippen molar-refractivity contribution in [1.29, 1.82) is 0 Å². The highest BCUT2D eigenvalue weighted by molar-refractivity contribution is 6.33. The van der Waals surface area contributed by atoms with Gasteiger partial charge in [-0.1, -0.05) is 11.6 Å². The van der Waals surface area contributed by atoms with Gasteiger partial charge < -0.3 is 16.0 Å². The highest BCUT2D eigenvalue weighted by Gasteiger charge is 2.57. The van der Waals surface area contributed by atoms with E-state index >= 15 is 0 Å². The Hall–Kier alpha value is -2.25. The zero-order valence-corrected chi connectivity index (χ0v) is 17.4. The number of nitrogens with one attached hydrogen (secondary N) is 1. The van der Waals surface area contributed by atoms with Crippen LogP contribution in [0.1, 0.15) is 43.0 Å². The summed E-state index contributed by atoms with van der Waals surface area (Å²) in [6.45, 7) is 3.04. The van der Waals surface area contributed by atoms with Crippen LogP contribution in [-0.2, 0) is 0 Å². The van der Waals surface area contributed by atoms with Crippen molar-refractivity contribution in [2.75, 3.05) is 18.0 Å². The lowest BCUT2D eigenvalue weighted by Crippen LogP contribution is -2.68. The number of amides is 1. The third kappa shape index (κ3) is 3.24. The van der Waals surface area contributed by atoms with Crippen molar-refractivity contribution in [3.63, 3.8) is 0 Å². The minimum atomic E-state index is -0.721. The molecule has 3 N–H and O–H groups in total. The predicted octanol–water partition coefficient (Wildman–Crippen LogP) is 3.89. The highest BCUT2D eigenvalue weighted by atomic mass is 35.5. The Balaban J connectivity index is 1.64. The molecule has 6 rings (SSSR count). The van der Waals surface area contributed by atoms with Gasteiger partial charge in [-0.3, -0.25) is 4.79 Å². The monoisotopic (exact) mass is 432 g/mol. The average molecular weight is 433 g/mol. The number of hydrogen-bond donors (Lipinski definition) is 2. The Bertz CT molecular complexity index is 1020. The minimum absolute atomic E-state index is 0.0858. The van der Waals surface area contributed by atoms with Crippen LogP contribution in [0.15, 0.2) is 24.4 Å². The van der Waals surface area contributed by atoms with Crippen molar-refractivity contribution in [1.82, 2.24) is 10.3 Å². The first-order valence-corrected chi connectivity index (χ1v) is 10.5. The molecule has 0 radical (unpaired) electrons. The van der Waals surface area contributed by atoms with Crippen LogP contribution in [0.5, 0.6) is 0 Å². The fraction of sp³-hybridized carbons (Fsp3) is 0.455. The highest BCUT2D eigenvalue weighted by Crippen LogP contribution is 2.57. The van der Waals surface area contributed by atoms with E-state index in [4.69, 9.17) is 17.3 Å². The normalized spacial score (nSPS) is 29.4. The van der Waals surface area contributed by atoms with E-state index in [1.807, 2.05) is 11.8 Å². The van der Waals surface area contributed by atoms with Gasteiger partial charge in [0.2, 0.25) is 0 Å². The first kappa shape index (κ1) is 19.7. The Morgan fingerprint density at radius 1 is 1.27 bits per heavy atom. The summed E-state index contributed by atoms with van der Waals surface area (Å²) >= 11 is 6.43. The number of halogens is 3. The van der Waals surface area contributed by atoms with Gasteiger partial charge in [0, 0.05) is 42.0 Å². The number of benzene rings is 1. The summed E-state index contributed by atoms with van der Waals surface area (Å²) in [5.74, 6) is -0.965. The summed E-state index contributed by atoms with van der Waals surface area (Å²) in [4.78, 5) is 19.4. The fourth-order valence-corrected chi connectivity index (χ4v) is 5.29. The van der Waals surface area contributed by atoms with Gasteiger partial charge in [0.25, 0.3) is 5.91 Å². The predicted molar refractivity (Wildman–Crippen MR) is 112 cm³/mol. The molecule has 1 aromatic heterocycles. The lowest BCUT2D eigenvalue weighted by Gasteiger charge is -2.61. The molecule has 3 aliphatic carbocycles. The second kappa shape index (κ2) is 6.62. The van der Waals surface area contributed by atoms with Crippen molar-refractivity contribution in [2.45, 2.75) is 43.7 Å². The van der Waals surface area contributed by atoms with E-state index in [0.29, 0.717) is 29.9 Å². The molecule has 1 amide bonds. The van der Waals surface area contributed by atoms with E-state index < -0.39 is 17.2 Å². The van der Waals surface area contributed by atoms with E-state index in [9.17, 15) is 13.6 Å². The Labute approximate surface area is 178 Å². The lowest BCUT2D eigenvalue weighted by molar-refractivity contribution is -0.0438. The van der Waals surface area contributed by atoms with Gasteiger partial charge in [0.1, 0.15) is 16.8 Å². The van der Waals surface area contributed by atoms with Gasteiger partial charge in [-0.25, -0.2) is 13.8 Å². The minimum Gasteiger partial charge on any atom is -0.368 e. The fourth-order valence-electron chi connectivity index (χ4n) is 5.04. The first-order chi connectivity index (χ1) is 14.1. The topological polar surface area (TPSA) is 71.2 Å². The number of hydrogen-bond acceptors (Lipinski definition) is 4. The van der Waals surface area contributed by atoms with Gasteiger partial charge in [-0.05, 0) is 56.2 Å². The van der Waals surface area contributed by atoms with Crippen LogP contribution in [0, 0.1) is 17.6 Å². The van der Waals surface area contributed by atoms with E-state index in [2.05, 4.69) is 10.3 Å². The SMILES string of the molecule is C[C@]1(N)CCN(c2c(C(=O)NC34CC(C3)C4)cnc(Cl)c2-c2cc(F)cc(F)c2)C1. The summed E-state index contributed by atoms with van der Waals surface area (Å²) in [5, 5.41) is 3.24. The Kier molecular flexibility index (Phi) is 4.35. The average Bonchev–Trinajstić information content (AvgIpc) is 2.95. The van der Waals surface area contributed by atoms with Crippen molar-refractivity contribution in [3.8, 4) is 11.1 Å². The van der Waals surface area contributed by atoms with Crippen LogP contribution >= 0.6 is 11.6 Å². The smallest absolute Gasteiger partial charge is 0.255 e. The molecule has 8 heteroatoms. The number of anilines is 1. The molecule has 0 spiro atoms.